The number of rotatable bonds is 7. The van der Waals surface area contributed by atoms with Crippen LogP contribution in [0.4, 0.5) is 11.9 Å². The monoisotopic (exact) mass is 328 g/mol. The zero-order chi connectivity index (χ0) is 17.7. The summed E-state index contributed by atoms with van der Waals surface area (Å²) in [5.41, 5.74) is 13.9. The van der Waals surface area contributed by atoms with E-state index in [1.165, 1.54) is 11.1 Å². The summed E-state index contributed by atoms with van der Waals surface area (Å²) in [7, 11) is 0. The Morgan fingerprint density at radius 1 is 0.917 bits per heavy atom. The number of aromatic nitrogens is 3. The Hall–Kier alpha value is -2.21. The van der Waals surface area contributed by atoms with Gasteiger partial charge >= 0.3 is 0 Å². The fourth-order valence-corrected chi connectivity index (χ4v) is 2.74. The van der Waals surface area contributed by atoms with Crippen LogP contribution in [-0.2, 0) is 6.54 Å². The van der Waals surface area contributed by atoms with Crippen molar-refractivity contribution in [3.8, 4) is 0 Å². The summed E-state index contributed by atoms with van der Waals surface area (Å²) in [5, 5.41) is 3.50. The minimum atomic E-state index is 0.151. The average molecular weight is 328 g/mol. The molecule has 2 atom stereocenters. The van der Waals surface area contributed by atoms with Gasteiger partial charge in [0.25, 0.3) is 0 Å². The lowest BCUT2D eigenvalue weighted by molar-refractivity contribution is 0.405. The Morgan fingerprint density at radius 2 is 1.46 bits per heavy atom. The van der Waals surface area contributed by atoms with Gasteiger partial charge in [0.2, 0.25) is 11.9 Å². The smallest absolute Gasteiger partial charge is 0.225 e. The summed E-state index contributed by atoms with van der Waals surface area (Å²) in [5.74, 6) is 1.87. The maximum absolute atomic E-state index is 5.62. The van der Waals surface area contributed by atoms with Crippen LogP contribution in [0.1, 0.15) is 63.0 Å². The molecule has 1 aromatic heterocycles. The molecule has 6 heteroatoms. The summed E-state index contributed by atoms with van der Waals surface area (Å²) in [6.07, 6.45) is 1.15. The average Bonchev–Trinajstić information content (AvgIpc) is 2.53. The van der Waals surface area contributed by atoms with Crippen LogP contribution in [0.2, 0.25) is 0 Å². The fraction of sp³-hybridized carbons (Fsp3) is 0.500. The van der Waals surface area contributed by atoms with Gasteiger partial charge in [0.15, 0.2) is 0 Å². The Labute approximate surface area is 144 Å². The van der Waals surface area contributed by atoms with Crippen molar-refractivity contribution in [2.75, 3.05) is 11.5 Å². The molecule has 1 aromatic carbocycles. The van der Waals surface area contributed by atoms with Crippen LogP contribution in [-0.4, -0.2) is 15.0 Å². The van der Waals surface area contributed by atoms with Gasteiger partial charge in [-0.15, -0.1) is 0 Å². The first-order chi connectivity index (χ1) is 11.4. The second-order valence-corrected chi connectivity index (χ2v) is 6.55. The van der Waals surface area contributed by atoms with Crippen molar-refractivity contribution in [2.24, 2.45) is 5.92 Å². The number of nitrogen functional groups attached to an aromatic ring is 2. The lowest BCUT2D eigenvalue weighted by Gasteiger charge is -2.23. The van der Waals surface area contributed by atoms with E-state index in [1.807, 2.05) is 0 Å². The van der Waals surface area contributed by atoms with Crippen LogP contribution >= 0.6 is 0 Å². The molecule has 6 nitrogen and oxygen atoms in total. The topological polar surface area (TPSA) is 103 Å². The van der Waals surface area contributed by atoms with Crippen molar-refractivity contribution in [1.29, 1.82) is 0 Å². The molecule has 0 aliphatic heterocycles. The second kappa shape index (κ2) is 8.06. The lowest BCUT2D eigenvalue weighted by Crippen LogP contribution is -2.26. The molecule has 0 aliphatic carbocycles. The number of benzene rings is 1. The van der Waals surface area contributed by atoms with Gasteiger partial charge in [-0.05, 0) is 29.4 Å². The summed E-state index contributed by atoms with van der Waals surface area (Å²) in [4.78, 5) is 12.0. The quantitative estimate of drug-likeness (QED) is 0.722. The highest BCUT2D eigenvalue weighted by molar-refractivity contribution is 5.28. The molecule has 0 saturated heterocycles. The molecular weight excluding hydrogens is 300 g/mol. The first-order valence-electron chi connectivity index (χ1n) is 8.49. The van der Waals surface area contributed by atoms with Gasteiger partial charge in [0.1, 0.15) is 5.82 Å². The van der Waals surface area contributed by atoms with Gasteiger partial charge in [-0.25, -0.2) is 0 Å². The highest BCUT2D eigenvalue weighted by Crippen LogP contribution is 2.25. The van der Waals surface area contributed by atoms with Gasteiger partial charge in [-0.2, -0.15) is 15.0 Å². The van der Waals surface area contributed by atoms with Crippen molar-refractivity contribution in [3.05, 3.63) is 41.2 Å². The molecule has 2 rings (SSSR count). The zero-order valence-corrected chi connectivity index (χ0v) is 15.0. The van der Waals surface area contributed by atoms with Crippen molar-refractivity contribution < 1.29 is 0 Å². The van der Waals surface area contributed by atoms with Crippen molar-refractivity contribution in [1.82, 2.24) is 20.3 Å². The van der Waals surface area contributed by atoms with E-state index in [0.717, 1.165) is 6.42 Å². The van der Waals surface area contributed by atoms with Crippen molar-refractivity contribution in [2.45, 2.75) is 52.6 Å². The molecule has 1 heterocycles. The SMILES string of the molecule is CC[C@H](C)c1ccc([C@H](NCc2nc(N)nc(N)n2)C(C)C)cc1. The van der Waals surface area contributed by atoms with E-state index in [9.17, 15) is 0 Å². The highest BCUT2D eigenvalue weighted by Gasteiger charge is 2.16. The number of hydrogen-bond donors (Lipinski definition) is 3. The van der Waals surface area contributed by atoms with Crippen LogP contribution in [0.5, 0.6) is 0 Å². The van der Waals surface area contributed by atoms with Crippen LogP contribution in [0.3, 0.4) is 0 Å². The number of nitrogens with one attached hydrogen (secondary N) is 1. The summed E-state index contributed by atoms with van der Waals surface area (Å²) < 4.78 is 0. The highest BCUT2D eigenvalue weighted by atomic mass is 15.2. The van der Waals surface area contributed by atoms with Crippen molar-refractivity contribution >= 4 is 11.9 Å². The molecule has 24 heavy (non-hydrogen) atoms. The molecule has 0 saturated carbocycles. The molecule has 0 aliphatic rings. The molecular formula is C18H28N6. The number of anilines is 2. The summed E-state index contributed by atoms with van der Waals surface area (Å²) >= 11 is 0. The van der Waals surface area contributed by atoms with E-state index in [0.29, 0.717) is 24.2 Å². The molecule has 0 unspecified atom stereocenters. The fourth-order valence-electron chi connectivity index (χ4n) is 2.74. The molecule has 0 spiro atoms. The van der Waals surface area contributed by atoms with Crippen LogP contribution in [0, 0.1) is 5.92 Å². The Balaban J connectivity index is 2.11. The first-order valence-corrected chi connectivity index (χ1v) is 8.49. The summed E-state index contributed by atoms with van der Waals surface area (Å²) in [6, 6.07) is 9.05. The van der Waals surface area contributed by atoms with E-state index < -0.39 is 0 Å². The lowest BCUT2D eigenvalue weighted by atomic mass is 9.92. The summed E-state index contributed by atoms with van der Waals surface area (Å²) in [6.45, 7) is 9.34. The van der Waals surface area contributed by atoms with E-state index in [2.05, 4.69) is 72.2 Å². The van der Waals surface area contributed by atoms with Gasteiger partial charge in [-0.3, -0.25) is 0 Å². The maximum atomic E-state index is 5.62. The largest absolute Gasteiger partial charge is 0.368 e. The van der Waals surface area contributed by atoms with Gasteiger partial charge in [-0.1, -0.05) is 52.0 Å². The molecule has 2 aromatic rings. The molecule has 0 bridgehead atoms. The van der Waals surface area contributed by atoms with Gasteiger partial charge in [0.05, 0.1) is 6.54 Å². The van der Waals surface area contributed by atoms with Gasteiger partial charge in [0, 0.05) is 6.04 Å². The van der Waals surface area contributed by atoms with E-state index >= 15 is 0 Å². The third-order valence-electron chi connectivity index (χ3n) is 4.34. The van der Waals surface area contributed by atoms with Crippen LogP contribution < -0.4 is 16.8 Å². The molecule has 0 fully saturated rings. The molecule has 5 N–H and O–H groups in total. The zero-order valence-electron chi connectivity index (χ0n) is 15.0. The predicted molar refractivity (Wildman–Crippen MR) is 98.2 cm³/mol. The van der Waals surface area contributed by atoms with E-state index in [-0.39, 0.29) is 17.9 Å². The number of nitrogens with zero attached hydrogens (tertiary/aromatic N) is 3. The number of nitrogens with two attached hydrogens (primary N) is 2. The van der Waals surface area contributed by atoms with Crippen LogP contribution in [0.25, 0.3) is 0 Å². The van der Waals surface area contributed by atoms with E-state index in [1.54, 1.807) is 0 Å². The third-order valence-corrected chi connectivity index (χ3v) is 4.34. The standard InChI is InChI=1S/C18H28N6/c1-5-12(4)13-6-8-14(9-7-13)16(11(2)3)21-10-15-22-17(19)24-18(20)23-15/h6-9,11-12,16,21H,5,10H2,1-4H3,(H4,19,20,22,23,24)/t12-,16+/m0/s1. The second-order valence-electron chi connectivity index (χ2n) is 6.55. The first kappa shape index (κ1) is 18.1. The Morgan fingerprint density at radius 3 is 1.96 bits per heavy atom. The number of hydrogen-bond acceptors (Lipinski definition) is 6. The molecule has 0 radical (unpaired) electrons. The predicted octanol–water partition coefficient (Wildman–Crippen LogP) is 3.04. The van der Waals surface area contributed by atoms with E-state index in [4.69, 9.17) is 11.5 Å². The minimum absolute atomic E-state index is 0.151. The third kappa shape index (κ3) is 4.64. The molecule has 130 valence electrons. The minimum Gasteiger partial charge on any atom is -0.368 e. The normalized spacial score (nSPS) is 13.9. The Kier molecular flexibility index (Phi) is 6.09. The Bertz CT molecular complexity index is 633. The van der Waals surface area contributed by atoms with Crippen LogP contribution in [0.15, 0.2) is 24.3 Å². The molecule has 0 amide bonds. The maximum Gasteiger partial charge on any atom is 0.225 e. The van der Waals surface area contributed by atoms with Gasteiger partial charge < -0.3 is 16.8 Å². The van der Waals surface area contributed by atoms with Crippen molar-refractivity contribution in [3.63, 3.8) is 0 Å².